The first-order chi connectivity index (χ1) is 10.0. The zero-order chi connectivity index (χ0) is 15.0. The summed E-state index contributed by atoms with van der Waals surface area (Å²) in [6.45, 7) is 6.37. The molecule has 3 aromatic rings. The summed E-state index contributed by atoms with van der Waals surface area (Å²) in [7, 11) is 0. The zero-order valence-corrected chi connectivity index (χ0v) is 14.0. The average molecular weight is 341 g/mol. The summed E-state index contributed by atoms with van der Waals surface area (Å²) in [4.78, 5) is 4.78. The third kappa shape index (κ3) is 2.79. The minimum atomic E-state index is 0.874. The van der Waals surface area contributed by atoms with Gasteiger partial charge in [-0.3, -0.25) is 0 Å². The lowest BCUT2D eigenvalue weighted by atomic mass is 10.0. The second-order valence-electron chi connectivity index (χ2n) is 5.41. The van der Waals surface area contributed by atoms with Gasteiger partial charge in [0.1, 0.15) is 5.82 Å². The molecule has 0 radical (unpaired) electrons. The Hall–Kier alpha value is -1.87. The first-order valence-corrected chi connectivity index (χ1v) is 7.74. The fourth-order valence-electron chi connectivity index (χ4n) is 2.61. The number of halogens is 1. The third-order valence-corrected chi connectivity index (χ3v) is 4.28. The Morgan fingerprint density at radius 2 is 1.71 bits per heavy atom. The molecule has 0 unspecified atom stereocenters. The molecule has 21 heavy (non-hydrogen) atoms. The highest BCUT2D eigenvalue weighted by Gasteiger charge is 2.07. The number of para-hydroxylation sites is 1. The van der Waals surface area contributed by atoms with Crippen LogP contribution in [0.3, 0.4) is 0 Å². The number of aryl methyl sites for hydroxylation is 3. The third-order valence-electron chi connectivity index (χ3n) is 3.59. The normalized spacial score (nSPS) is 10.9. The first kappa shape index (κ1) is 14.1. The topological polar surface area (TPSA) is 24.9 Å². The van der Waals surface area contributed by atoms with Crippen molar-refractivity contribution in [3.8, 4) is 0 Å². The van der Waals surface area contributed by atoms with Gasteiger partial charge in [-0.05, 0) is 72.1 Å². The second kappa shape index (κ2) is 5.49. The molecule has 0 saturated heterocycles. The lowest BCUT2D eigenvalue weighted by Crippen LogP contribution is -1.97. The number of aromatic nitrogens is 1. The van der Waals surface area contributed by atoms with E-state index < -0.39 is 0 Å². The molecule has 1 aromatic heterocycles. The molecule has 2 nitrogen and oxygen atoms in total. The van der Waals surface area contributed by atoms with Crippen LogP contribution in [0.1, 0.15) is 16.7 Å². The van der Waals surface area contributed by atoms with Crippen molar-refractivity contribution in [2.75, 3.05) is 5.32 Å². The van der Waals surface area contributed by atoms with E-state index in [1.54, 1.807) is 0 Å². The number of nitrogens with one attached hydrogen (secondary N) is 1. The highest BCUT2D eigenvalue weighted by atomic mass is 79.9. The summed E-state index contributed by atoms with van der Waals surface area (Å²) in [6.07, 6.45) is 0. The first-order valence-electron chi connectivity index (χ1n) is 6.95. The number of nitrogens with zero attached hydrogens (tertiary/aromatic N) is 1. The van der Waals surface area contributed by atoms with E-state index >= 15 is 0 Å². The van der Waals surface area contributed by atoms with E-state index in [1.807, 2.05) is 24.3 Å². The molecule has 106 valence electrons. The van der Waals surface area contributed by atoms with Crippen molar-refractivity contribution in [3.05, 3.63) is 63.6 Å². The number of anilines is 2. The molecule has 3 rings (SSSR count). The molecular formula is C18H17BrN2. The van der Waals surface area contributed by atoms with E-state index in [2.05, 4.69) is 60.2 Å². The van der Waals surface area contributed by atoms with Crippen LogP contribution in [0, 0.1) is 20.8 Å². The molecule has 0 amide bonds. The molecule has 0 bridgehead atoms. The summed E-state index contributed by atoms with van der Waals surface area (Å²) in [5.41, 5.74) is 5.81. The lowest BCUT2D eigenvalue weighted by Gasteiger charge is -2.12. The maximum absolute atomic E-state index is 4.78. The summed E-state index contributed by atoms with van der Waals surface area (Å²) >= 11 is 3.56. The molecule has 1 N–H and O–H groups in total. The van der Waals surface area contributed by atoms with Crippen molar-refractivity contribution in [1.29, 1.82) is 0 Å². The Labute approximate surface area is 133 Å². The predicted molar refractivity (Wildman–Crippen MR) is 93.4 cm³/mol. The summed E-state index contributed by atoms with van der Waals surface area (Å²) in [5.74, 6) is 0.874. The SMILES string of the molecule is Cc1cc(C)c2nc(Nc3ccccc3Br)cc(C)c2c1. The second-order valence-corrected chi connectivity index (χ2v) is 6.26. The van der Waals surface area contributed by atoms with Crippen LogP contribution in [0.25, 0.3) is 10.9 Å². The van der Waals surface area contributed by atoms with E-state index in [0.29, 0.717) is 0 Å². The van der Waals surface area contributed by atoms with E-state index in [1.165, 1.54) is 22.1 Å². The van der Waals surface area contributed by atoms with Gasteiger partial charge in [0, 0.05) is 9.86 Å². The number of hydrogen-bond acceptors (Lipinski definition) is 2. The molecule has 3 heteroatoms. The highest BCUT2D eigenvalue weighted by Crippen LogP contribution is 2.28. The number of fused-ring (bicyclic) bond motifs is 1. The van der Waals surface area contributed by atoms with Gasteiger partial charge in [-0.2, -0.15) is 0 Å². The van der Waals surface area contributed by atoms with Gasteiger partial charge in [-0.15, -0.1) is 0 Å². The number of hydrogen-bond donors (Lipinski definition) is 1. The average Bonchev–Trinajstić information content (AvgIpc) is 2.43. The molecule has 0 aliphatic carbocycles. The molecule has 0 aliphatic heterocycles. The van der Waals surface area contributed by atoms with Crippen molar-refractivity contribution in [2.45, 2.75) is 20.8 Å². The minimum Gasteiger partial charge on any atom is -0.339 e. The van der Waals surface area contributed by atoms with Crippen molar-refractivity contribution in [3.63, 3.8) is 0 Å². The molecule has 0 spiro atoms. The predicted octanol–water partition coefficient (Wildman–Crippen LogP) is 5.67. The fraction of sp³-hybridized carbons (Fsp3) is 0.167. The monoisotopic (exact) mass is 340 g/mol. The van der Waals surface area contributed by atoms with Crippen LogP contribution in [-0.4, -0.2) is 4.98 Å². The molecule has 0 saturated carbocycles. The van der Waals surface area contributed by atoms with E-state index in [-0.39, 0.29) is 0 Å². The smallest absolute Gasteiger partial charge is 0.131 e. The van der Waals surface area contributed by atoms with Gasteiger partial charge in [-0.25, -0.2) is 4.98 Å². The Balaban J connectivity index is 2.11. The van der Waals surface area contributed by atoms with Crippen LogP contribution in [0.4, 0.5) is 11.5 Å². The molecule has 0 aliphatic rings. The van der Waals surface area contributed by atoms with Gasteiger partial charge in [-0.1, -0.05) is 23.8 Å². The van der Waals surface area contributed by atoms with E-state index in [4.69, 9.17) is 4.98 Å². The van der Waals surface area contributed by atoms with Gasteiger partial charge in [0.15, 0.2) is 0 Å². The number of pyridine rings is 1. The van der Waals surface area contributed by atoms with Crippen molar-refractivity contribution >= 4 is 38.3 Å². The Kier molecular flexibility index (Phi) is 3.68. The molecule has 0 atom stereocenters. The van der Waals surface area contributed by atoms with Gasteiger partial charge in [0.05, 0.1) is 11.2 Å². The fourth-order valence-corrected chi connectivity index (χ4v) is 2.99. The Morgan fingerprint density at radius 1 is 0.952 bits per heavy atom. The quantitative estimate of drug-likeness (QED) is 0.650. The van der Waals surface area contributed by atoms with Crippen LogP contribution in [0.15, 0.2) is 46.9 Å². The molecule has 1 heterocycles. The van der Waals surface area contributed by atoms with Gasteiger partial charge < -0.3 is 5.32 Å². The maximum atomic E-state index is 4.78. The summed E-state index contributed by atoms with van der Waals surface area (Å²) < 4.78 is 1.03. The lowest BCUT2D eigenvalue weighted by molar-refractivity contribution is 1.30. The van der Waals surface area contributed by atoms with Crippen LogP contribution < -0.4 is 5.32 Å². The van der Waals surface area contributed by atoms with Crippen molar-refractivity contribution in [1.82, 2.24) is 4.98 Å². The highest BCUT2D eigenvalue weighted by molar-refractivity contribution is 9.10. The van der Waals surface area contributed by atoms with Gasteiger partial charge >= 0.3 is 0 Å². The van der Waals surface area contributed by atoms with Gasteiger partial charge in [0.2, 0.25) is 0 Å². The zero-order valence-electron chi connectivity index (χ0n) is 12.4. The standard InChI is InChI=1S/C18H17BrN2/c1-11-8-13(3)18-14(9-11)12(2)10-17(21-18)20-16-7-5-4-6-15(16)19/h4-10H,1-3H3,(H,20,21). The summed E-state index contributed by atoms with van der Waals surface area (Å²) in [6, 6.07) is 14.5. The minimum absolute atomic E-state index is 0.874. The molecular weight excluding hydrogens is 324 g/mol. The van der Waals surface area contributed by atoms with Crippen LogP contribution >= 0.6 is 15.9 Å². The Morgan fingerprint density at radius 3 is 2.48 bits per heavy atom. The summed E-state index contributed by atoms with van der Waals surface area (Å²) in [5, 5.41) is 4.62. The Bertz CT molecular complexity index is 825. The van der Waals surface area contributed by atoms with Gasteiger partial charge in [0.25, 0.3) is 0 Å². The van der Waals surface area contributed by atoms with Crippen LogP contribution in [0.5, 0.6) is 0 Å². The molecule has 2 aromatic carbocycles. The van der Waals surface area contributed by atoms with E-state index in [0.717, 1.165) is 21.5 Å². The van der Waals surface area contributed by atoms with Crippen molar-refractivity contribution in [2.24, 2.45) is 0 Å². The number of benzene rings is 2. The maximum Gasteiger partial charge on any atom is 0.131 e. The number of rotatable bonds is 2. The van der Waals surface area contributed by atoms with Crippen LogP contribution in [0.2, 0.25) is 0 Å². The molecule has 0 fully saturated rings. The van der Waals surface area contributed by atoms with E-state index in [9.17, 15) is 0 Å². The van der Waals surface area contributed by atoms with Crippen LogP contribution in [-0.2, 0) is 0 Å². The van der Waals surface area contributed by atoms with Crippen molar-refractivity contribution < 1.29 is 0 Å². The largest absolute Gasteiger partial charge is 0.339 e.